The van der Waals surface area contributed by atoms with E-state index in [0.717, 1.165) is 28.0 Å². The van der Waals surface area contributed by atoms with E-state index in [0.29, 0.717) is 11.7 Å². The van der Waals surface area contributed by atoms with Gasteiger partial charge in [-0.1, -0.05) is 53.8 Å². The lowest BCUT2D eigenvalue weighted by Crippen LogP contribution is -2.49. The molecule has 5 atom stereocenters. The Bertz CT molecular complexity index is 1320. The predicted octanol–water partition coefficient (Wildman–Crippen LogP) is 4.05. The van der Waals surface area contributed by atoms with Crippen molar-refractivity contribution in [1.82, 2.24) is 9.88 Å². The fraction of sp³-hybridized carbons (Fsp3) is 0.333. The molecule has 7 nitrogen and oxygen atoms in total. The number of likely N-dealkylation sites (tertiary alicyclic amines) is 1. The van der Waals surface area contributed by atoms with Gasteiger partial charge in [0.25, 0.3) is 0 Å². The van der Waals surface area contributed by atoms with Crippen molar-refractivity contribution in [3.63, 3.8) is 0 Å². The number of nitrogens with zero attached hydrogens (tertiary/aromatic N) is 2. The lowest BCUT2D eigenvalue weighted by atomic mass is 9.85. The van der Waals surface area contributed by atoms with Gasteiger partial charge in [0.05, 0.1) is 28.7 Å². The fourth-order valence-corrected chi connectivity index (χ4v) is 6.67. The number of nitrogens with one attached hydrogen (secondary N) is 1. The summed E-state index contributed by atoms with van der Waals surface area (Å²) < 4.78 is 6.45. The highest BCUT2D eigenvalue weighted by atomic mass is 32.1. The number of allylic oxidation sites excluding steroid dienone is 2. The Balaban J connectivity index is 1.30. The fourth-order valence-electron chi connectivity index (χ4n) is 5.77. The van der Waals surface area contributed by atoms with E-state index in [4.69, 9.17) is 4.74 Å². The van der Waals surface area contributed by atoms with Crippen molar-refractivity contribution < 1.29 is 19.1 Å². The molecule has 2 bridgehead atoms. The van der Waals surface area contributed by atoms with Crippen LogP contribution in [0.2, 0.25) is 0 Å². The molecule has 2 heterocycles. The van der Waals surface area contributed by atoms with Crippen LogP contribution in [0.25, 0.3) is 10.2 Å². The molecule has 2 aromatic carbocycles. The number of fused-ring (bicyclic) bond motifs is 6. The van der Waals surface area contributed by atoms with E-state index < -0.39 is 11.9 Å². The van der Waals surface area contributed by atoms with Gasteiger partial charge in [-0.15, -0.1) is 0 Å². The van der Waals surface area contributed by atoms with E-state index in [1.165, 1.54) is 16.2 Å². The summed E-state index contributed by atoms with van der Waals surface area (Å²) in [5, 5.41) is 3.32. The molecule has 3 aromatic rings. The second-order valence-electron chi connectivity index (χ2n) is 9.32. The van der Waals surface area contributed by atoms with Gasteiger partial charge in [0.15, 0.2) is 5.13 Å². The van der Waals surface area contributed by atoms with Crippen LogP contribution in [0, 0.1) is 23.7 Å². The topological polar surface area (TPSA) is 88.6 Å². The van der Waals surface area contributed by atoms with Crippen molar-refractivity contribution in [2.24, 2.45) is 23.7 Å². The van der Waals surface area contributed by atoms with E-state index in [-0.39, 0.29) is 41.9 Å². The zero-order valence-corrected chi connectivity index (χ0v) is 20.0. The Morgan fingerprint density at radius 3 is 2.51 bits per heavy atom. The molecule has 1 aromatic heterocycles. The normalized spacial score (nSPS) is 25.3. The number of hydrogen-bond acceptors (Lipinski definition) is 6. The van der Waals surface area contributed by atoms with Gasteiger partial charge in [0.1, 0.15) is 11.8 Å². The average Bonchev–Trinajstić information content (AvgIpc) is 3.62. The number of benzene rings is 2. The monoisotopic (exact) mass is 487 g/mol. The highest BCUT2D eigenvalue weighted by molar-refractivity contribution is 7.22. The Morgan fingerprint density at radius 1 is 1.11 bits per heavy atom. The second kappa shape index (κ2) is 8.61. The van der Waals surface area contributed by atoms with Crippen LogP contribution in [0.15, 0.2) is 60.7 Å². The van der Waals surface area contributed by atoms with Crippen LogP contribution in [0.5, 0.6) is 5.75 Å². The van der Waals surface area contributed by atoms with E-state index in [2.05, 4.69) is 22.5 Å². The number of thiazole rings is 1. The third kappa shape index (κ3) is 3.72. The van der Waals surface area contributed by atoms with Gasteiger partial charge in [0.2, 0.25) is 17.7 Å². The van der Waals surface area contributed by atoms with Crippen molar-refractivity contribution in [1.29, 1.82) is 0 Å². The molecular weight excluding hydrogens is 462 g/mol. The molecule has 0 spiro atoms. The first kappa shape index (κ1) is 22.0. The number of amides is 3. The number of imide groups is 1. The van der Waals surface area contributed by atoms with Crippen molar-refractivity contribution in [3.05, 3.63) is 66.2 Å². The number of hydrogen-bond donors (Lipinski definition) is 1. The van der Waals surface area contributed by atoms with E-state index in [1.54, 1.807) is 0 Å². The van der Waals surface area contributed by atoms with Crippen molar-refractivity contribution in [2.45, 2.75) is 25.8 Å². The Labute approximate surface area is 206 Å². The largest absolute Gasteiger partial charge is 0.494 e. The third-order valence-electron chi connectivity index (χ3n) is 7.29. The van der Waals surface area contributed by atoms with Crippen LogP contribution >= 0.6 is 11.3 Å². The Hall–Kier alpha value is -3.52. The van der Waals surface area contributed by atoms with Crippen LogP contribution in [-0.2, 0) is 20.8 Å². The Morgan fingerprint density at radius 2 is 1.83 bits per heavy atom. The Kier molecular flexibility index (Phi) is 5.40. The second-order valence-corrected chi connectivity index (χ2v) is 10.4. The molecule has 2 fully saturated rings. The molecule has 2 aliphatic carbocycles. The molecule has 1 saturated heterocycles. The van der Waals surface area contributed by atoms with Crippen molar-refractivity contribution >= 4 is 44.4 Å². The lowest BCUT2D eigenvalue weighted by molar-refractivity contribution is -0.147. The van der Waals surface area contributed by atoms with Crippen LogP contribution in [0.4, 0.5) is 5.13 Å². The zero-order valence-electron chi connectivity index (χ0n) is 19.2. The first-order valence-corrected chi connectivity index (χ1v) is 12.8. The van der Waals surface area contributed by atoms with Crippen LogP contribution in [0.1, 0.15) is 18.9 Å². The van der Waals surface area contributed by atoms with Crippen LogP contribution in [0.3, 0.4) is 0 Å². The summed E-state index contributed by atoms with van der Waals surface area (Å²) in [5.41, 5.74) is 1.64. The molecule has 1 aliphatic heterocycles. The maximum absolute atomic E-state index is 13.6. The van der Waals surface area contributed by atoms with Crippen LogP contribution < -0.4 is 10.1 Å². The van der Waals surface area contributed by atoms with Crippen LogP contribution in [-0.4, -0.2) is 40.3 Å². The summed E-state index contributed by atoms with van der Waals surface area (Å²) in [7, 11) is 0. The number of anilines is 1. The minimum atomic E-state index is -0.937. The first-order chi connectivity index (χ1) is 17.0. The zero-order chi connectivity index (χ0) is 24.1. The molecule has 3 aliphatic rings. The van der Waals surface area contributed by atoms with E-state index >= 15 is 0 Å². The summed E-state index contributed by atoms with van der Waals surface area (Å²) in [6.45, 7) is 2.48. The molecule has 35 heavy (non-hydrogen) atoms. The quantitative estimate of drug-likeness (QED) is 0.401. The standard InChI is InChI=1S/C27H25N3O4S/c1-2-34-18-10-11-19-21(14-18)35-27(28-19)29-24(31)20(12-15-6-4-3-5-7-15)30-25(32)22-16-8-9-17(13-16)23(22)26(30)33/h3-11,14,16-17,20,22-23H,2,12-13H2,1H3,(H,28,29,31). The molecule has 5 unspecified atom stereocenters. The number of carbonyl (C=O) groups excluding carboxylic acids is 3. The van der Waals surface area contributed by atoms with Gasteiger partial charge in [-0.3, -0.25) is 19.3 Å². The van der Waals surface area contributed by atoms with Gasteiger partial charge < -0.3 is 10.1 Å². The third-order valence-corrected chi connectivity index (χ3v) is 8.23. The maximum atomic E-state index is 13.6. The van der Waals surface area contributed by atoms with Gasteiger partial charge in [0, 0.05) is 6.42 Å². The molecular formula is C27H25N3O4S. The maximum Gasteiger partial charge on any atom is 0.249 e. The molecule has 178 valence electrons. The van der Waals surface area contributed by atoms with E-state index in [1.807, 2.05) is 55.5 Å². The molecule has 6 rings (SSSR count). The summed E-state index contributed by atoms with van der Waals surface area (Å²) in [6, 6.07) is 14.1. The first-order valence-electron chi connectivity index (χ1n) is 12.0. The number of rotatable bonds is 7. The van der Waals surface area contributed by atoms with Gasteiger partial charge in [-0.05, 0) is 48.9 Å². The average molecular weight is 488 g/mol. The highest BCUT2D eigenvalue weighted by Crippen LogP contribution is 2.53. The number of ether oxygens (including phenoxy) is 1. The molecule has 1 N–H and O–H groups in total. The minimum absolute atomic E-state index is 0.0932. The molecule has 0 radical (unpaired) electrons. The lowest BCUT2D eigenvalue weighted by Gasteiger charge is -2.26. The van der Waals surface area contributed by atoms with Crippen molar-refractivity contribution in [2.75, 3.05) is 11.9 Å². The van der Waals surface area contributed by atoms with Gasteiger partial charge in [-0.25, -0.2) is 4.98 Å². The molecule has 3 amide bonds. The van der Waals surface area contributed by atoms with Gasteiger partial charge >= 0.3 is 0 Å². The minimum Gasteiger partial charge on any atom is -0.494 e. The van der Waals surface area contributed by atoms with Gasteiger partial charge in [-0.2, -0.15) is 0 Å². The summed E-state index contributed by atoms with van der Waals surface area (Å²) in [5.74, 6) is -0.610. The summed E-state index contributed by atoms with van der Waals surface area (Å²) in [4.78, 5) is 46.3. The van der Waals surface area contributed by atoms with Crippen molar-refractivity contribution in [3.8, 4) is 5.75 Å². The number of aromatic nitrogens is 1. The van der Waals surface area contributed by atoms with E-state index in [9.17, 15) is 14.4 Å². The highest BCUT2D eigenvalue weighted by Gasteiger charge is 2.61. The summed E-state index contributed by atoms with van der Waals surface area (Å²) >= 11 is 1.34. The molecule has 1 saturated carbocycles. The molecule has 8 heteroatoms. The number of carbonyl (C=O) groups is 3. The summed E-state index contributed by atoms with van der Waals surface area (Å²) in [6.07, 6.45) is 5.23. The predicted molar refractivity (Wildman–Crippen MR) is 133 cm³/mol. The SMILES string of the molecule is CCOc1ccc2nc(NC(=O)C(Cc3ccccc3)N3C(=O)C4C5C=CC(C5)C4C3=O)sc2c1. The smallest absolute Gasteiger partial charge is 0.249 e.